The molecule has 2 aromatic rings. The first kappa shape index (κ1) is 23.9. The van der Waals surface area contributed by atoms with E-state index >= 15 is 0 Å². The minimum Gasteiger partial charge on any atom is -0.260 e. The van der Waals surface area contributed by atoms with Crippen LogP contribution in [0.25, 0.3) is 11.4 Å². The average Bonchev–Trinajstić information content (AvgIpc) is 2.82. The van der Waals surface area contributed by atoms with Gasteiger partial charge in [0.15, 0.2) is 5.82 Å². The lowest BCUT2D eigenvalue weighted by molar-refractivity contribution is 0.300. The minimum atomic E-state index is 0.636. The normalized spacial score (nSPS) is 18.9. The maximum absolute atomic E-state index is 4.81. The molecule has 0 aliphatic heterocycles. The van der Waals surface area contributed by atoms with Crippen LogP contribution in [0.4, 0.5) is 0 Å². The molecule has 3 nitrogen and oxygen atoms in total. The molecule has 3 heteroatoms. The summed E-state index contributed by atoms with van der Waals surface area (Å²) in [6.45, 7) is 4.56. The van der Waals surface area contributed by atoms with E-state index in [0.29, 0.717) is 5.92 Å². The van der Waals surface area contributed by atoms with Gasteiger partial charge in [0.05, 0.1) is 0 Å². The second kappa shape index (κ2) is 13.6. The number of hydrogen-bond acceptors (Lipinski definition) is 3. The van der Waals surface area contributed by atoms with Gasteiger partial charge >= 0.3 is 0 Å². The molecule has 0 spiro atoms. The number of unbranched alkanes of at least 4 members (excludes halogenated alkanes) is 7. The quantitative estimate of drug-likeness (QED) is 0.305. The molecule has 1 aliphatic carbocycles. The summed E-state index contributed by atoms with van der Waals surface area (Å²) >= 11 is 0. The Morgan fingerprint density at radius 1 is 0.710 bits per heavy atom. The smallest absolute Gasteiger partial charge is 0.160 e. The van der Waals surface area contributed by atoms with Crippen molar-refractivity contribution in [3.8, 4) is 11.4 Å². The first-order chi connectivity index (χ1) is 15.3. The van der Waals surface area contributed by atoms with Crippen molar-refractivity contribution in [2.75, 3.05) is 0 Å². The fourth-order valence-corrected chi connectivity index (χ4v) is 4.95. The SMILES string of the molecule is CCCCCCCCc1cnc(-c2ccc(C3CCC(CCCCC)CC3)nc2)nc1. The van der Waals surface area contributed by atoms with Gasteiger partial charge in [0.25, 0.3) is 0 Å². The zero-order valence-electron chi connectivity index (χ0n) is 20.0. The third-order valence-electron chi connectivity index (χ3n) is 7.05. The first-order valence-corrected chi connectivity index (χ1v) is 13.1. The highest BCUT2D eigenvalue weighted by atomic mass is 14.9. The van der Waals surface area contributed by atoms with Crippen molar-refractivity contribution in [2.24, 2.45) is 5.92 Å². The first-order valence-electron chi connectivity index (χ1n) is 13.1. The summed E-state index contributed by atoms with van der Waals surface area (Å²) < 4.78 is 0. The van der Waals surface area contributed by atoms with Crippen LogP contribution >= 0.6 is 0 Å². The van der Waals surface area contributed by atoms with Crippen molar-refractivity contribution in [1.82, 2.24) is 15.0 Å². The lowest BCUT2D eigenvalue weighted by Gasteiger charge is -2.28. The summed E-state index contributed by atoms with van der Waals surface area (Å²) in [5.41, 5.74) is 3.54. The third kappa shape index (κ3) is 8.01. The molecule has 31 heavy (non-hydrogen) atoms. The summed E-state index contributed by atoms with van der Waals surface area (Å²) in [5, 5.41) is 0. The maximum atomic E-state index is 4.81. The molecule has 0 aromatic carbocycles. The van der Waals surface area contributed by atoms with E-state index in [9.17, 15) is 0 Å². The van der Waals surface area contributed by atoms with Gasteiger partial charge in [-0.3, -0.25) is 4.98 Å². The molecule has 2 heterocycles. The Bertz CT molecular complexity index is 715. The van der Waals surface area contributed by atoms with Crippen molar-refractivity contribution >= 4 is 0 Å². The number of nitrogens with zero attached hydrogens (tertiary/aromatic N) is 3. The number of aromatic nitrogens is 3. The largest absolute Gasteiger partial charge is 0.260 e. The van der Waals surface area contributed by atoms with Crippen LogP contribution in [-0.4, -0.2) is 15.0 Å². The second-order valence-electron chi connectivity index (χ2n) is 9.62. The molecular weight excluding hydrogens is 378 g/mol. The van der Waals surface area contributed by atoms with Gasteiger partial charge in [0.2, 0.25) is 0 Å². The van der Waals surface area contributed by atoms with Gasteiger partial charge in [-0.15, -0.1) is 0 Å². The molecule has 170 valence electrons. The zero-order chi connectivity index (χ0) is 21.7. The molecule has 0 unspecified atom stereocenters. The predicted molar refractivity (Wildman–Crippen MR) is 131 cm³/mol. The lowest BCUT2D eigenvalue weighted by Crippen LogP contribution is -2.14. The standard InChI is InChI=1S/C28H43N3/c1-3-5-7-8-9-11-13-24-20-30-28(31-21-24)26-18-19-27(29-22-26)25-16-14-23(15-17-25)12-10-6-4-2/h18-23,25H,3-17H2,1-2H3. The highest BCUT2D eigenvalue weighted by Crippen LogP contribution is 2.37. The summed E-state index contributed by atoms with van der Waals surface area (Å²) in [7, 11) is 0. The van der Waals surface area contributed by atoms with Crippen molar-refractivity contribution in [1.29, 1.82) is 0 Å². The van der Waals surface area contributed by atoms with Crippen molar-refractivity contribution in [3.63, 3.8) is 0 Å². The lowest BCUT2D eigenvalue weighted by atomic mass is 9.78. The van der Waals surface area contributed by atoms with Crippen LogP contribution in [0.3, 0.4) is 0 Å². The van der Waals surface area contributed by atoms with E-state index in [-0.39, 0.29) is 0 Å². The zero-order valence-corrected chi connectivity index (χ0v) is 20.0. The van der Waals surface area contributed by atoms with Crippen LogP contribution in [-0.2, 0) is 6.42 Å². The fraction of sp³-hybridized carbons (Fsp3) is 0.679. The number of aryl methyl sites for hydroxylation is 1. The van der Waals surface area contributed by atoms with Gasteiger partial charge in [-0.05, 0) is 62.1 Å². The topological polar surface area (TPSA) is 38.7 Å². The molecule has 0 N–H and O–H groups in total. The monoisotopic (exact) mass is 421 g/mol. The Balaban J connectivity index is 1.43. The summed E-state index contributed by atoms with van der Waals surface area (Å²) in [5.74, 6) is 2.38. The Morgan fingerprint density at radius 2 is 1.39 bits per heavy atom. The van der Waals surface area contributed by atoms with Crippen molar-refractivity contribution in [3.05, 3.63) is 42.0 Å². The van der Waals surface area contributed by atoms with Crippen LogP contribution in [0.5, 0.6) is 0 Å². The predicted octanol–water partition coefficient (Wildman–Crippen LogP) is 8.30. The maximum Gasteiger partial charge on any atom is 0.160 e. The molecule has 0 bridgehead atoms. The highest BCUT2D eigenvalue weighted by Gasteiger charge is 2.23. The summed E-state index contributed by atoms with van der Waals surface area (Å²) in [6.07, 6.45) is 25.9. The molecule has 0 saturated heterocycles. The molecule has 3 rings (SSSR count). The molecule has 0 radical (unpaired) electrons. The van der Waals surface area contributed by atoms with E-state index in [1.54, 1.807) is 0 Å². The van der Waals surface area contributed by atoms with Gasteiger partial charge in [-0.25, -0.2) is 9.97 Å². The Hall–Kier alpha value is -1.77. The number of rotatable bonds is 13. The molecule has 0 atom stereocenters. The van der Waals surface area contributed by atoms with Crippen molar-refractivity contribution in [2.45, 2.75) is 116 Å². The van der Waals surface area contributed by atoms with Gasteiger partial charge in [-0.1, -0.05) is 71.6 Å². The van der Waals surface area contributed by atoms with Gasteiger partial charge < -0.3 is 0 Å². The second-order valence-corrected chi connectivity index (χ2v) is 9.62. The molecule has 1 aliphatic rings. The average molecular weight is 422 g/mol. The van der Waals surface area contributed by atoms with Crippen LogP contribution < -0.4 is 0 Å². The molecule has 0 amide bonds. The number of pyridine rings is 1. The Morgan fingerprint density at radius 3 is 2.06 bits per heavy atom. The van der Waals surface area contributed by atoms with E-state index in [0.717, 1.165) is 23.7 Å². The van der Waals surface area contributed by atoms with E-state index in [2.05, 4.69) is 35.9 Å². The Labute approximate surface area is 190 Å². The van der Waals surface area contributed by atoms with Gasteiger partial charge in [-0.2, -0.15) is 0 Å². The van der Waals surface area contributed by atoms with Gasteiger partial charge in [0.1, 0.15) is 0 Å². The summed E-state index contributed by atoms with van der Waals surface area (Å²) in [6, 6.07) is 4.38. The van der Waals surface area contributed by atoms with E-state index in [4.69, 9.17) is 4.98 Å². The van der Waals surface area contributed by atoms with Crippen LogP contribution in [0, 0.1) is 5.92 Å². The Kier molecular flexibility index (Phi) is 10.5. The molecule has 1 fully saturated rings. The third-order valence-corrected chi connectivity index (χ3v) is 7.05. The number of hydrogen-bond donors (Lipinski definition) is 0. The minimum absolute atomic E-state index is 0.636. The molecule has 1 saturated carbocycles. The van der Waals surface area contributed by atoms with Crippen LogP contribution in [0.2, 0.25) is 0 Å². The van der Waals surface area contributed by atoms with Crippen LogP contribution in [0.1, 0.15) is 121 Å². The van der Waals surface area contributed by atoms with Gasteiger partial charge in [0, 0.05) is 35.8 Å². The van der Waals surface area contributed by atoms with E-state index in [1.165, 1.54) is 101 Å². The van der Waals surface area contributed by atoms with Crippen molar-refractivity contribution < 1.29 is 0 Å². The highest BCUT2D eigenvalue weighted by molar-refractivity contribution is 5.53. The molecular formula is C28H43N3. The van der Waals surface area contributed by atoms with E-state index < -0.39 is 0 Å². The summed E-state index contributed by atoms with van der Waals surface area (Å²) in [4.78, 5) is 14.0. The van der Waals surface area contributed by atoms with E-state index in [1.807, 2.05) is 18.6 Å². The molecule has 2 aromatic heterocycles. The fourth-order valence-electron chi connectivity index (χ4n) is 4.95. The van der Waals surface area contributed by atoms with Crippen LogP contribution in [0.15, 0.2) is 30.7 Å².